The SMILES string of the molecule is CC(CBr)(CBr)NC(=O)c1ccc2cc(Br)ccc2c1. The summed E-state index contributed by atoms with van der Waals surface area (Å²) in [6, 6.07) is 11.8. The molecule has 0 heterocycles. The van der Waals surface area contributed by atoms with Crippen LogP contribution in [0.4, 0.5) is 0 Å². The summed E-state index contributed by atoms with van der Waals surface area (Å²) in [5, 5.41) is 6.59. The van der Waals surface area contributed by atoms with Gasteiger partial charge in [-0.05, 0) is 42.0 Å². The molecule has 0 fully saturated rings. The van der Waals surface area contributed by atoms with E-state index in [1.165, 1.54) is 0 Å². The van der Waals surface area contributed by atoms with Crippen molar-refractivity contribution in [1.82, 2.24) is 5.32 Å². The summed E-state index contributed by atoms with van der Waals surface area (Å²) in [5.41, 5.74) is 0.374. The number of rotatable bonds is 4. The summed E-state index contributed by atoms with van der Waals surface area (Å²) in [4.78, 5) is 12.3. The van der Waals surface area contributed by atoms with Crippen molar-refractivity contribution < 1.29 is 4.79 Å². The topological polar surface area (TPSA) is 29.1 Å². The van der Waals surface area contributed by atoms with E-state index in [0.717, 1.165) is 15.2 Å². The molecule has 20 heavy (non-hydrogen) atoms. The van der Waals surface area contributed by atoms with Gasteiger partial charge in [0.25, 0.3) is 5.91 Å². The molecule has 0 atom stereocenters. The van der Waals surface area contributed by atoms with Crippen molar-refractivity contribution >= 4 is 64.5 Å². The molecule has 0 aliphatic rings. The monoisotopic (exact) mass is 461 g/mol. The standard InChI is InChI=1S/C15H14Br3NO/c1-15(8-16,9-17)19-14(20)12-3-2-11-7-13(18)5-4-10(11)6-12/h2-7H,8-9H2,1H3,(H,19,20). The number of alkyl halides is 2. The van der Waals surface area contributed by atoms with Gasteiger partial charge in [0.15, 0.2) is 0 Å². The zero-order valence-electron chi connectivity index (χ0n) is 10.9. The molecular weight excluding hydrogens is 450 g/mol. The molecule has 0 saturated carbocycles. The molecule has 0 aromatic heterocycles. The maximum atomic E-state index is 12.3. The lowest BCUT2D eigenvalue weighted by Crippen LogP contribution is -2.48. The molecule has 0 bridgehead atoms. The van der Waals surface area contributed by atoms with Crippen LogP contribution in [0.1, 0.15) is 17.3 Å². The average Bonchev–Trinajstić information content (AvgIpc) is 2.46. The number of carbonyl (C=O) groups is 1. The maximum absolute atomic E-state index is 12.3. The lowest BCUT2D eigenvalue weighted by Gasteiger charge is -2.26. The Morgan fingerprint density at radius 2 is 1.70 bits per heavy atom. The van der Waals surface area contributed by atoms with Gasteiger partial charge >= 0.3 is 0 Å². The number of fused-ring (bicyclic) bond motifs is 1. The molecule has 0 spiro atoms. The second-order valence-electron chi connectivity index (χ2n) is 4.99. The minimum atomic E-state index is -0.300. The number of benzene rings is 2. The highest BCUT2D eigenvalue weighted by atomic mass is 79.9. The van der Waals surface area contributed by atoms with E-state index >= 15 is 0 Å². The number of halogens is 3. The summed E-state index contributed by atoms with van der Waals surface area (Å²) in [6.07, 6.45) is 0. The maximum Gasteiger partial charge on any atom is 0.251 e. The van der Waals surface area contributed by atoms with Gasteiger partial charge in [0.05, 0.1) is 5.54 Å². The van der Waals surface area contributed by atoms with Gasteiger partial charge in [0, 0.05) is 20.7 Å². The minimum absolute atomic E-state index is 0.0591. The molecule has 106 valence electrons. The van der Waals surface area contributed by atoms with E-state index in [4.69, 9.17) is 0 Å². The van der Waals surface area contributed by atoms with Crippen molar-refractivity contribution in [2.45, 2.75) is 12.5 Å². The predicted molar refractivity (Wildman–Crippen MR) is 95.1 cm³/mol. The van der Waals surface area contributed by atoms with Crippen molar-refractivity contribution in [3.63, 3.8) is 0 Å². The summed E-state index contributed by atoms with van der Waals surface area (Å²) in [6.45, 7) is 1.99. The third kappa shape index (κ3) is 3.62. The van der Waals surface area contributed by atoms with E-state index < -0.39 is 0 Å². The van der Waals surface area contributed by atoms with Crippen LogP contribution in [0.25, 0.3) is 10.8 Å². The van der Waals surface area contributed by atoms with E-state index in [0.29, 0.717) is 16.2 Å². The number of hydrogen-bond acceptors (Lipinski definition) is 1. The molecule has 2 nitrogen and oxygen atoms in total. The van der Waals surface area contributed by atoms with Gasteiger partial charge in [0.1, 0.15) is 0 Å². The largest absolute Gasteiger partial charge is 0.345 e. The van der Waals surface area contributed by atoms with Gasteiger partial charge in [-0.25, -0.2) is 0 Å². The highest BCUT2D eigenvalue weighted by Crippen LogP contribution is 2.21. The first-order valence-corrected chi connectivity index (χ1v) is 9.15. The van der Waals surface area contributed by atoms with Crippen molar-refractivity contribution in [3.05, 3.63) is 46.4 Å². The predicted octanol–water partition coefficient (Wildman–Crippen LogP) is 4.88. The Balaban J connectivity index is 2.29. The molecule has 0 saturated heterocycles. The molecule has 0 aliphatic carbocycles. The molecule has 0 aliphatic heterocycles. The van der Waals surface area contributed by atoms with E-state index in [2.05, 4.69) is 53.1 Å². The summed E-state index contributed by atoms with van der Waals surface area (Å²) >= 11 is 10.3. The lowest BCUT2D eigenvalue weighted by atomic mass is 10.0. The Morgan fingerprint density at radius 3 is 2.35 bits per heavy atom. The van der Waals surface area contributed by atoms with Crippen molar-refractivity contribution in [2.24, 2.45) is 0 Å². The van der Waals surface area contributed by atoms with Crippen LogP contribution in [0, 0.1) is 0 Å². The van der Waals surface area contributed by atoms with E-state index in [1.807, 2.05) is 43.3 Å². The lowest BCUT2D eigenvalue weighted by molar-refractivity contribution is 0.0923. The van der Waals surface area contributed by atoms with Gasteiger partial charge in [-0.1, -0.05) is 59.9 Å². The fraction of sp³-hybridized carbons (Fsp3) is 0.267. The Labute approximate surface area is 143 Å². The van der Waals surface area contributed by atoms with Crippen LogP contribution in [0.15, 0.2) is 40.9 Å². The van der Waals surface area contributed by atoms with E-state index in [1.54, 1.807) is 0 Å². The molecule has 0 radical (unpaired) electrons. The van der Waals surface area contributed by atoms with Crippen LogP contribution in [-0.4, -0.2) is 22.1 Å². The molecule has 2 aromatic carbocycles. The second kappa shape index (κ2) is 6.58. The third-order valence-corrected chi connectivity index (χ3v) is 6.04. The summed E-state index contributed by atoms with van der Waals surface area (Å²) in [5.74, 6) is -0.0591. The number of amides is 1. The number of carbonyl (C=O) groups excluding carboxylic acids is 1. The zero-order chi connectivity index (χ0) is 14.8. The first-order valence-electron chi connectivity index (χ1n) is 6.11. The van der Waals surface area contributed by atoms with Crippen molar-refractivity contribution in [3.8, 4) is 0 Å². The normalized spacial score (nSPS) is 11.6. The van der Waals surface area contributed by atoms with Gasteiger partial charge in [-0.3, -0.25) is 4.79 Å². The van der Waals surface area contributed by atoms with Crippen molar-refractivity contribution in [1.29, 1.82) is 0 Å². The van der Waals surface area contributed by atoms with Gasteiger partial charge in [-0.2, -0.15) is 0 Å². The first kappa shape index (κ1) is 16.0. The van der Waals surface area contributed by atoms with Crippen LogP contribution in [0.3, 0.4) is 0 Å². The number of nitrogens with one attached hydrogen (secondary N) is 1. The van der Waals surface area contributed by atoms with E-state index in [9.17, 15) is 4.79 Å². The molecule has 2 aromatic rings. The van der Waals surface area contributed by atoms with Crippen LogP contribution in [0.2, 0.25) is 0 Å². The number of hydrogen-bond donors (Lipinski definition) is 1. The molecule has 5 heteroatoms. The van der Waals surface area contributed by atoms with Gasteiger partial charge in [-0.15, -0.1) is 0 Å². The van der Waals surface area contributed by atoms with E-state index in [-0.39, 0.29) is 11.4 Å². The molecule has 0 unspecified atom stereocenters. The first-order chi connectivity index (χ1) is 9.47. The average molecular weight is 464 g/mol. The highest BCUT2D eigenvalue weighted by molar-refractivity contribution is 9.10. The van der Waals surface area contributed by atoms with Crippen molar-refractivity contribution in [2.75, 3.05) is 10.7 Å². The molecular formula is C15H14Br3NO. The Hall–Kier alpha value is -0.390. The fourth-order valence-electron chi connectivity index (χ4n) is 1.81. The molecule has 1 amide bonds. The van der Waals surface area contributed by atoms with Crippen LogP contribution >= 0.6 is 47.8 Å². The summed E-state index contributed by atoms with van der Waals surface area (Å²) in [7, 11) is 0. The fourth-order valence-corrected chi connectivity index (χ4v) is 3.39. The molecule has 2 rings (SSSR count). The van der Waals surface area contributed by atoms with Crippen LogP contribution in [-0.2, 0) is 0 Å². The Kier molecular flexibility index (Phi) is 5.26. The van der Waals surface area contributed by atoms with Crippen LogP contribution < -0.4 is 5.32 Å². The Morgan fingerprint density at radius 1 is 1.10 bits per heavy atom. The Bertz CT molecular complexity index is 638. The quantitative estimate of drug-likeness (QED) is 0.643. The smallest absolute Gasteiger partial charge is 0.251 e. The van der Waals surface area contributed by atoms with Gasteiger partial charge < -0.3 is 5.32 Å². The third-order valence-electron chi connectivity index (χ3n) is 3.07. The minimum Gasteiger partial charge on any atom is -0.345 e. The summed E-state index contributed by atoms with van der Waals surface area (Å²) < 4.78 is 1.04. The van der Waals surface area contributed by atoms with Crippen LogP contribution in [0.5, 0.6) is 0 Å². The second-order valence-corrected chi connectivity index (χ2v) is 7.03. The van der Waals surface area contributed by atoms with Gasteiger partial charge in [0.2, 0.25) is 0 Å². The highest BCUT2D eigenvalue weighted by Gasteiger charge is 2.24. The molecule has 1 N–H and O–H groups in total. The zero-order valence-corrected chi connectivity index (χ0v) is 15.7.